The second-order valence-corrected chi connectivity index (χ2v) is 6.05. The molecule has 1 atom stereocenters. The van der Waals surface area contributed by atoms with Crippen LogP contribution in [0.25, 0.3) is 0 Å². The first-order valence-electron chi connectivity index (χ1n) is 6.60. The predicted molar refractivity (Wildman–Crippen MR) is 65.1 cm³/mol. The SMILES string of the molecule is CCC1CNC(C)(C)CN1CC1CCC1. The van der Waals surface area contributed by atoms with Gasteiger partial charge >= 0.3 is 0 Å². The number of piperazine rings is 1. The van der Waals surface area contributed by atoms with Gasteiger partial charge in [0.1, 0.15) is 0 Å². The van der Waals surface area contributed by atoms with E-state index in [0.717, 1.165) is 12.0 Å². The molecule has 1 aliphatic heterocycles. The first-order chi connectivity index (χ1) is 7.11. The molecular formula is C13H26N2. The lowest BCUT2D eigenvalue weighted by molar-refractivity contribution is 0.0617. The van der Waals surface area contributed by atoms with Crippen LogP contribution in [0.1, 0.15) is 46.5 Å². The van der Waals surface area contributed by atoms with E-state index in [-0.39, 0.29) is 0 Å². The Morgan fingerprint density at radius 2 is 2.07 bits per heavy atom. The summed E-state index contributed by atoms with van der Waals surface area (Å²) in [4.78, 5) is 2.74. The second kappa shape index (κ2) is 4.42. The Hall–Kier alpha value is -0.0800. The Morgan fingerprint density at radius 1 is 1.33 bits per heavy atom. The molecule has 0 aromatic heterocycles. The third-order valence-electron chi connectivity index (χ3n) is 4.12. The molecule has 2 nitrogen and oxygen atoms in total. The molecule has 0 radical (unpaired) electrons. The van der Waals surface area contributed by atoms with E-state index in [9.17, 15) is 0 Å². The van der Waals surface area contributed by atoms with Gasteiger partial charge in [-0.25, -0.2) is 0 Å². The van der Waals surface area contributed by atoms with Crippen molar-refractivity contribution in [3.63, 3.8) is 0 Å². The molecule has 1 aliphatic carbocycles. The molecule has 2 rings (SSSR count). The quantitative estimate of drug-likeness (QED) is 0.768. The standard InChI is InChI=1S/C13H26N2/c1-4-12-8-14-13(2,3)10-15(12)9-11-6-5-7-11/h11-12,14H,4-10H2,1-3H3. The lowest BCUT2D eigenvalue weighted by Crippen LogP contribution is -2.62. The summed E-state index contributed by atoms with van der Waals surface area (Å²) in [7, 11) is 0. The van der Waals surface area contributed by atoms with Crippen LogP contribution < -0.4 is 5.32 Å². The Bertz CT molecular complexity index is 209. The summed E-state index contributed by atoms with van der Waals surface area (Å²) in [5, 5.41) is 3.66. The Labute approximate surface area is 94.4 Å². The molecule has 2 heteroatoms. The summed E-state index contributed by atoms with van der Waals surface area (Å²) in [6.45, 7) is 10.7. The Morgan fingerprint density at radius 3 is 2.60 bits per heavy atom. The van der Waals surface area contributed by atoms with Crippen LogP contribution in [0.5, 0.6) is 0 Å². The minimum Gasteiger partial charge on any atom is -0.309 e. The van der Waals surface area contributed by atoms with E-state index >= 15 is 0 Å². The van der Waals surface area contributed by atoms with Crippen molar-refractivity contribution in [2.45, 2.75) is 58.0 Å². The first-order valence-corrected chi connectivity index (χ1v) is 6.60. The Balaban J connectivity index is 1.90. The largest absolute Gasteiger partial charge is 0.309 e. The minimum absolute atomic E-state index is 0.315. The fourth-order valence-corrected chi connectivity index (χ4v) is 2.84. The van der Waals surface area contributed by atoms with Crippen LogP contribution in [-0.2, 0) is 0 Å². The second-order valence-electron chi connectivity index (χ2n) is 6.05. The fraction of sp³-hybridized carbons (Fsp3) is 1.00. The van der Waals surface area contributed by atoms with Gasteiger partial charge in [0, 0.05) is 31.2 Å². The first kappa shape index (κ1) is 11.4. The van der Waals surface area contributed by atoms with Crippen LogP contribution >= 0.6 is 0 Å². The molecule has 1 unspecified atom stereocenters. The van der Waals surface area contributed by atoms with Crippen molar-refractivity contribution >= 4 is 0 Å². The maximum atomic E-state index is 3.66. The summed E-state index contributed by atoms with van der Waals surface area (Å²) in [5.74, 6) is 1.01. The molecule has 0 aromatic rings. The molecule has 0 bridgehead atoms. The highest BCUT2D eigenvalue weighted by Gasteiger charge is 2.33. The Kier molecular flexibility index (Phi) is 3.36. The monoisotopic (exact) mass is 210 g/mol. The van der Waals surface area contributed by atoms with Gasteiger partial charge < -0.3 is 5.32 Å². The molecule has 0 spiro atoms. The van der Waals surface area contributed by atoms with Crippen LogP contribution in [0, 0.1) is 5.92 Å². The van der Waals surface area contributed by atoms with Gasteiger partial charge in [0.2, 0.25) is 0 Å². The van der Waals surface area contributed by atoms with E-state index in [1.807, 2.05) is 0 Å². The molecular weight excluding hydrogens is 184 g/mol. The summed E-state index contributed by atoms with van der Waals surface area (Å²) in [6.07, 6.45) is 5.70. The number of hydrogen-bond acceptors (Lipinski definition) is 2. The maximum Gasteiger partial charge on any atom is 0.0252 e. The zero-order valence-corrected chi connectivity index (χ0v) is 10.6. The van der Waals surface area contributed by atoms with Crippen molar-refractivity contribution in [1.82, 2.24) is 10.2 Å². The highest BCUT2D eigenvalue weighted by molar-refractivity contribution is 4.92. The van der Waals surface area contributed by atoms with Crippen LogP contribution in [0.15, 0.2) is 0 Å². The molecule has 88 valence electrons. The highest BCUT2D eigenvalue weighted by Crippen LogP contribution is 2.29. The van der Waals surface area contributed by atoms with Crippen molar-refractivity contribution in [1.29, 1.82) is 0 Å². The molecule has 2 fully saturated rings. The van der Waals surface area contributed by atoms with E-state index in [0.29, 0.717) is 5.54 Å². The topological polar surface area (TPSA) is 15.3 Å². The molecule has 1 saturated carbocycles. The summed E-state index contributed by atoms with van der Waals surface area (Å²) in [5.41, 5.74) is 0.315. The smallest absolute Gasteiger partial charge is 0.0252 e. The van der Waals surface area contributed by atoms with Crippen LogP contribution in [0.2, 0.25) is 0 Å². The van der Waals surface area contributed by atoms with Crippen molar-refractivity contribution in [3.8, 4) is 0 Å². The van der Waals surface area contributed by atoms with Crippen molar-refractivity contribution in [2.75, 3.05) is 19.6 Å². The summed E-state index contributed by atoms with van der Waals surface area (Å²) < 4.78 is 0. The van der Waals surface area contributed by atoms with E-state index in [2.05, 4.69) is 31.0 Å². The van der Waals surface area contributed by atoms with E-state index in [1.165, 1.54) is 45.3 Å². The van der Waals surface area contributed by atoms with Gasteiger partial charge in [0.15, 0.2) is 0 Å². The zero-order chi connectivity index (χ0) is 10.9. The van der Waals surface area contributed by atoms with Gasteiger partial charge in [0.05, 0.1) is 0 Å². The molecule has 0 amide bonds. The van der Waals surface area contributed by atoms with Gasteiger partial charge in [-0.1, -0.05) is 13.3 Å². The lowest BCUT2D eigenvalue weighted by atomic mass is 9.84. The van der Waals surface area contributed by atoms with Gasteiger partial charge in [-0.05, 0) is 39.0 Å². The molecule has 15 heavy (non-hydrogen) atoms. The van der Waals surface area contributed by atoms with E-state index in [4.69, 9.17) is 0 Å². The van der Waals surface area contributed by atoms with Gasteiger partial charge in [0.25, 0.3) is 0 Å². The number of nitrogens with one attached hydrogen (secondary N) is 1. The normalized spacial score (nSPS) is 32.6. The molecule has 2 aliphatic rings. The number of hydrogen-bond donors (Lipinski definition) is 1. The summed E-state index contributed by atoms with van der Waals surface area (Å²) >= 11 is 0. The highest BCUT2D eigenvalue weighted by atomic mass is 15.2. The molecule has 1 saturated heterocycles. The summed E-state index contributed by atoms with van der Waals surface area (Å²) in [6, 6.07) is 0.777. The lowest BCUT2D eigenvalue weighted by Gasteiger charge is -2.46. The van der Waals surface area contributed by atoms with Crippen molar-refractivity contribution in [3.05, 3.63) is 0 Å². The van der Waals surface area contributed by atoms with Crippen LogP contribution in [0.4, 0.5) is 0 Å². The average Bonchev–Trinajstić information content (AvgIpc) is 2.10. The minimum atomic E-state index is 0.315. The molecule has 0 aromatic carbocycles. The average molecular weight is 210 g/mol. The van der Waals surface area contributed by atoms with E-state index in [1.54, 1.807) is 0 Å². The van der Waals surface area contributed by atoms with Crippen LogP contribution in [0.3, 0.4) is 0 Å². The van der Waals surface area contributed by atoms with Crippen molar-refractivity contribution < 1.29 is 0 Å². The van der Waals surface area contributed by atoms with Crippen LogP contribution in [-0.4, -0.2) is 36.1 Å². The predicted octanol–water partition coefficient (Wildman–Crippen LogP) is 2.25. The van der Waals surface area contributed by atoms with Gasteiger partial charge in [-0.3, -0.25) is 4.90 Å². The maximum absolute atomic E-state index is 3.66. The van der Waals surface area contributed by atoms with E-state index < -0.39 is 0 Å². The zero-order valence-electron chi connectivity index (χ0n) is 10.6. The molecule has 1 N–H and O–H groups in total. The van der Waals surface area contributed by atoms with Crippen molar-refractivity contribution in [2.24, 2.45) is 5.92 Å². The van der Waals surface area contributed by atoms with Gasteiger partial charge in [-0.15, -0.1) is 0 Å². The van der Waals surface area contributed by atoms with Gasteiger partial charge in [-0.2, -0.15) is 0 Å². The molecule has 1 heterocycles. The number of nitrogens with zero attached hydrogens (tertiary/aromatic N) is 1. The third-order valence-corrected chi connectivity index (χ3v) is 4.12. The fourth-order valence-electron chi connectivity index (χ4n) is 2.84. The number of rotatable bonds is 3. The third kappa shape index (κ3) is 2.73.